The number of rotatable bonds is 5. The zero-order valence-electron chi connectivity index (χ0n) is 14.1. The van der Waals surface area contributed by atoms with Crippen LogP contribution < -0.4 is 9.47 Å². The average molecular weight is 377 g/mol. The van der Waals surface area contributed by atoms with Gasteiger partial charge in [-0.05, 0) is 55.5 Å². The monoisotopic (exact) mass is 377 g/mol. The Balaban J connectivity index is 2.08. The van der Waals surface area contributed by atoms with Crippen LogP contribution in [0.2, 0.25) is 0 Å². The second-order valence-electron chi connectivity index (χ2n) is 5.54. The molecule has 0 aliphatic heterocycles. The maximum Gasteiger partial charge on any atom is 0.573 e. The Bertz CT molecular complexity index is 985. The highest BCUT2D eigenvalue weighted by molar-refractivity contribution is 6.04. The number of nitrogens with zero attached hydrogens (tertiary/aromatic N) is 1. The molecular weight excluding hydrogens is 363 g/mol. The summed E-state index contributed by atoms with van der Waals surface area (Å²) in [5.41, 5.74) is 1.11. The van der Waals surface area contributed by atoms with E-state index in [1.165, 1.54) is 12.1 Å². The van der Waals surface area contributed by atoms with Gasteiger partial charge in [0.15, 0.2) is 0 Å². The number of hydrogen-bond acceptors (Lipinski definition) is 4. The van der Waals surface area contributed by atoms with Gasteiger partial charge < -0.3 is 14.6 Å². The van der Waals surface area contributed by atoms with Gasteiger partial charge in [-0.1, -0.05) is 0 Å². The van der Waals surface area contributed by atoms with Gasteiger partial charge in [-0.15, -0.1) is 13.2 Å². The van der Waals surface area contributed by atoms with Crippen LogP contribution >= 0.6 is 0 Å². The Morgan fingerprint density at radius 1 is 1.07 bits per heavy atom. The molecule has 3 aromatic rings. The summed E-state index contributed by atoms with van der Waals surface area (Å²) < 4.78 is 46.4. The maximum absolute atomic E-state index is 12.4. The minimum absolute atomic E-state index is 0.0546. The second-order valence-corrected chi connectivity index (χ2v) is 5.54. The molecule has 5 nitrogen and oxygen atoms in total. The third-order valence-electron chi connectivity index (χ3n) is 3.71. The summed E-state index contributed by atoms with van der Waals surface area (Å²) in [7, 11) is 0. The lowest BCUT2D eigenvalue weighted by molar-refractivity contribution is -0.274. The van der Waals surface area contributed by atoms with Crippen molar-refractivity contribution in [3.63, 3.8) is 0 Å². The maximum atomic E-state index is 12.4. The van der Waals surface area contributed by atoms with Crippen LogP contribution in [0.15, 0.2) is 48.5 Å². The Labute approximate surface area is 152 Å². The van der Waals surface area contributed by atoms with E-state index in [0.717, 1.165) is 12.1 Å². The molecule has 0 amide bonds. The van der Waals surface area contributed by atoms with Crippen LogP contribution in [-0.4, -0.2) is 29.0 Å². The van der Waals surface area contributed by atoms with Gasteiger partial charge in [0, 0.05) is 10.9 Å². The van der Waals surface area contributed by atoms with Gasteiger partial charge in [0.25, 0.3) is 0 Å². The molecule has 0 fully saturated rings. The summed E-state index contributed by atoms with van der Waals surface area (Å²) in [6, 6.07) is 11.6. The van der Waals surface area contributed by atoms with Crippen molar-refractivity contribution in [2.75, 3.05) is 6.61 Å². The van der Waals surface area contributed by atoms with E-state index < -0.39 is 18.1 Å². The molecule has 2 aromatic carbocycles. The number of pyridine rings is 1. The molecule has 140 valence electrons. The summed E-state index contributed by atoms with van der Waals surface area (Å²) in [6.45, 7) is 2.37. The molecule has 0 saturated heterocycles. The zero-order valence-corrected chi connectivity index (χ0v) is 14.1. The highest BCUT2D eigenvalue weighted by atomic mass is 19.4. The fraction of sp³-hybridized carbons (Fsp3) is 0.158. The van der Waals surface area contributed by atoms with Crippen molar-refractivity contribution < 1.29 is 32.5 Å². The molecular formula is C19H14F3NO4. The summed E-state index contributed by atoms with van der Waals surface area (Å²) in [5, 5.41) is 9.54. The van der Waals surface area contributed by atoms with Crippen molar-refractivity contribution in [3.8, 4) is 22.8 Å². The number of halogens is 3. The van der Waals surface area contributed by atoms with Crippen LogP contribution in [0.3, 0.4) is 0 Å². The van der Waals surface area contributed by atoms with E-state index >= 15 is 0 Å². The van der Waals surface area contributed by atoms with Crippen molar-refractivity contribution in [3.05, 3.63) is 54.1 Å². The van der Waals surface area contributed by atoms with E-state index in [4.69, 9.17) is 4.74 Å². The number of carboxylic acid groups (broad SMARTS) is 1. The van der Waals surface area contributed by atoms with Crippen LogP contribution in [0.4, 0.5) is 13.2 Å². The first-order chi connectivity index (χ1) is 12.8. The van der Waals surface area contributed by atoms with E-state index in [9.17, 15) is 23.1 Å². The summed E-state index contributed by atoms with van der Waals surface area (Å²) >= 11 is 0. The highest BCUT2D eigenvalue weighted by Crippen LogP contribution is 2.30. The van der Waals surface area contributed by atoms with Crippen LogP contribution in [0, 0.1) is 0 Å². The standard InChI is InChI=1S/C19H14F3NO4/c1-2-26-12-5-3-11(4-6-12)17-10-15(18(24)25)14-9-13(27-19(20,21)22)7-8-16(14)23-17/h3-10H,2H2,1H3,(H,24,25). The molecule has 1 heterocycles. The van der Waals surface area contributed by atoms with Crippen LogP contribution in [0.1, 0.15) is 17.3 Å². The Morgan fingerprint density at radius 3 is 2.33 bits per heavy atom. The van der Waals surface area contributed by atoms with Crippen molar-refractivity contribution in [2.24, 2.45) is 0 Å². The third-order valence-corrected chi connectivity index (χ3v) is 3.71. The number of ether oxygens (including phenoxy) is 2. The minimum atomic E-state index is -4.87. The Kier molecular flexibility index (Phi) is 4.89. The van der Waals surface area contributed by atoms with Crippen molar-refractivity contribution in [1.29, 1.82) is 0 Å². The van der Waals surface area contributed by atoms with E-state index in [1.54, 1.807) is 24.3 Å². The molecule has 3 rings (SSSR count). The van der Waals surface area contributed by atoms with Gasteiger partial charge in [-0.2, -0.15) is 0 Å². The molecule has 0 saturated carbocycles. The van der Waals surface area contributed by atoms with Crippen molar-refractivity contribution in [1.82, 2.24) is 4.98 Å². The Hall–Kier alpha value is -3.29. The average Bonchev–Trinajstić information content (AvgIpc) is 2.60. The van der Waals surface area contributed by atoms with Crippen molar-refractivity contribution >= 4 is 16.9 Å². The molecule has 0 bridgehead atoms. The number of fused-ring (bicyclic) bond motifs is 1. The van der Waals surface area contributed by atoms with Gasteiger partial charge in [0.1, 0.15) is 11.5 Å². The number of benzene rings is 2. The largest absolute Gasteiger partial charge is 0.573 e. The number of carboxylic acids is 1. The predicted octanol–water partition coefficient (Wildman–Crippen LogP) is 4.90. The zero-order chi connectivity index (χ0) is 19.6. The molecule has 1 N–H and O–H groups in total. The highest BCUT2D eigenvalue weighted by Gasteiger charge is 2.31. The van der Waals surface area contributed by atoms with Gasteiger partial charge in [-0.3, -0.25) is 0 Å². The number of aromatic nitrogens is 1. The first kappa shape index (κ1) is 18.5. The fourth-order valence-electron chi connectivity index (χ4n) is 2.62. The first-order valence-electron chi connectivity index (χ1n) is 7.94. The normalized spacial score (nSPS) is 11.4. The molecule has 0 unspecified atom stereocenters. The predicted molar refractivity (Wildman–Crippen MR) is 92.0 cm³/mol. The summed E-state index contributed by atoms with van der Waals surface area (Å²) in [4.78, 5) is 16.0. The van der Waals surface area contributed by atoms with Gasteiger partial charge >= 0.3 is 12.3 Å². The second kappa shape index (κ2) is 7.14. The smallest absolute Gasteiger partial charge is 0.494 e. The number of hydrogen-bond donors (Lipinski definition) is 1. The molecule has 0 atom stereocenters. The lowest BCUT2D eigenvalue weighted by Crippen LogP contribution is -2.17. The Morgan fingerprint density at radius 2 is 1.74 bits per heavy atom. The molecule has 1 aromatic heterocycles. The van der Waals surface area contributed by atoms with E-state index in [-0.39, 0.29) is 16.5 Å². The van der Waals surface area contributed by atoms with Crippen LogP contribution in [0.25, 0.3) is 22.2 Å². The first-order valence-corrected chi connectivity index (χ1v) is 7.94. The van der Waals surface area contributed by atoms with Crippen molar-refractivity contribution in [2.45, 2.75) is 13.3 Å². The van der Waals surface area contributed by atoms with Crippen LogP contribution in [-0.2, 0) is 0 Å². The molecule has 0 spiro atoms. The summed E-state index contributed by atoms with van der Waals surface area (Å²) in [5.74, 6) is -1.12. The van der Waals surface area contributed by atoms with E-state index in [0.29, 0.717) is 23.6 Å². The van der Waals surface area contributed by atoms with E-state index in [1.807, 2.05) is 6.92 Å². The van der Waals surface area contributed by atoms with E-state index in [2.05, 4.69) is 9.72 Å². The minimum Gasteiger partial charge on any atom is -0.494 e. The molecule has 8 heteroatoms. The fourth-order valence-corrected chi connectivity index (χ4v) is 2.62. The lowest BCUT2D eigenvalue weighted by Gasteiger charge is -2.12. The van der Waals surface area contributed by atoms with Gasteiger partial charge in [-0.25, -0.2) is 9.78 Å². The van der Waals surface area contributed by atoms with Gasteiger partial charge in [0.2, 0.25) is 0 Å². The quantitative estimate of drug-likeness (QED) is 0.685. The summed E-state index contributed by atoms with van der Waals surface area (Å²) in [6.07, 6.45) is -4.87. The SMILES string of the molecule is CCOc1ccc(-c2cc(C(=O)O)c3cc(OC(F)(F)F)ccc3n2)cc1. The molecule has 0 aliphatic rings. The molecule has 0 radical (unpaired) electrons. The number of alkyl halides is 3. The molecule has 0 aliphatic carbocycles. The van der Waals surface area contributed by atoms with Crippen LogP contribution in [0.5, 0.6) is 11.5 Å². The molecule has 27 heavy (non-hydrogen) atoms. The third kappa shape index (κ3) is 4.28. The number of carbonyl (C=O) groups is 1. The lowest BCUT2D eigenvalue weighted by atomic mass is 10.0. The van der Waals surface area contributed by atoms with Gasteiger partial charge in [0.05, 0.1) is 23.4 Å². The topological polar surface area (TPSA) is 68.7 Å². The number of aromatic carboxylic acids is 1.